The molecule has 0 rings (SSSR count). The normalized spacial score (nSPS) is 14.2. The van der Waals surface area contributed by atoms with Gasteiger partial charge in [-0.15, -0.1) is 0 Å². The largest absolute Gasteiger partial charge is 0.532 e. The maximum absolute atomic E-state index is 12.4. The zero-order chi connectivity index (χ0) is 19.6. The van der Waals surface area contributed by atoms with Gasteiger partial charge in [0.25, 0.3) is 0 Å². The first-order valence-corrected chi connectivity index (χ1v) is 8.35. The van der Waals surface area contributed by atoms with Crippen molar-refractivity contribution in [1.29, 1.82) is 0 Å². The number of primary amides is 1. The molecule has 0 aromatic heterocycles. The number of rotatable bonds is 11. The topological polar surface area (TPSA) is 130 Å². The van der Waals surface area contributed by atoms with Crippen molar-refractivity contribution < 1.29 is 19.2 Å². The third kappa shape index (κ3) is 9.59. The minimum atomic E-state index is -1.16. The van der Waals surface area contributed by atoms with Gasteiger partial charge in [0.1, 0.15) is 18.0 Å². The van der Waals surface area contributed by atoms with Gasteiger partial charge < -0.3 is 28.7 Å². The molecule has 4 amide bonds. The summed E-state index contributed by atoms with van der Waals surface area (Å²) in [7, 11) is 5.13. The molecular formula is C17H29N4O4. The Hall–Kier alpha value is -2.25. The molecule has 0 bridgehead atoms. The zero-order valence-corrected chi connectivity index (χ0v) is 15.3. The quantitative estimate of drug-likeness (QED) is 0.305. The third-order valence-corrected chi connectivity index (χ3v) is 3.60. The standard InChI is InChI=1S/C17H28N4O4/c1-6-11(4)8-15(23)20-13(9-14(18)22)17(25)21-12(7-10(2)3)16(24)19-5/h5,8,10-13H,6-7,9H2,1-4H3,(H4-,18,19,20,21,22,23,24,25)/q-1/p+1/t11-,12-,13-/m0/s1. The molecule has 8 heteroatoms. The molecular weight excluding hydrogens is 324 g/mol. The number of amides is 4. The molecule has 25 heavy (non-hydrogen) atoms. The van der Waals surface area contributed by atoms with Crippen molar-refractivity contribution in [3.63, 3.8) is 0 Å². The van der Waals surface area contributed by atoms with Gasteiger partial charge in [0.2, 0.25) is 17.7 Å². The molecule has 0 saturated heterocycles. The smallest absolute Gasteiger partial charge is 0.402 e. The Labute approximate surface area is 149 Å². The first-order valence-electron chi connectivity index (χ1n) is 8.35. The van der Waals surface area contributed by atoms with Crippen molar-refractivity contribution in [3.05, 3.63) is 13.5 Å². The second-order valence-electron chi connectivity index (χ2n) is 6.48. The maximum Gasteiger partial charge on any atom is 0.402 e. The number of hydrogen-bond donors (Lipinski definition) is 4. The van der Waals surface area contributed by atoms with Crippen molar-refractivity contribution in [2.75, 3.05) is 0 Å². The van der Waals surface area contributed by atoms with Gasteiger partial charge in [-0.05, 0) is 25.7 Å². The van der Waals surface area contributed by atoms with Gasteiger partial charge in [0.05, 0.1) is 6.42 Å². The molecule has 0 aliphatic rings. The van der Waals surface area contributed by atoms with Crippen molar-refractivity contribution in [2.24, 2.45) is 17.6 Å². The Bertz CT molecular complexity index is 479. The first kappa shape index (κ1) is 22.8. The lowest BCUT2D eigenvalue weighted by molar-refractivity contribution is -0.133. The fourth-order valence-corrected chi connectivity index (χ4v) is 2.08. The summed E-state index contributed by atoms with van der Waals surface area (Å²) in [5.74, 6) is -2.30. The van der Waals surface area contributed by atoms with E-state index in [4.69, 9.17) is 12.8 Å². The second-order valence-corrected chi connectivity index (χ2v) is 6.48. The van der Waals surface area contributed by atoms with Crippen molar-refractivity contribution in [1.82, 2.24) is 16.0 Å². The van der Waals surface area contributed by atoms with Crippen LogP contribution >= 0.6 is 0 Å². The van der Waals surface area contributed by atoms with E-state index in [0.717, 1.165) is 6.42 Å². The van der Waals surface area contributed by atoms with Crippen LogP contribution in [0.25, 0.3) is 0 Å². The van der Waals surface area contributed by atoms with E-state index >= 15 is 0 Å². The minimum absolute atomic E-state index is 0.0222. The van der Waals surface area contributed by atoms with Crippen LogP contribution in [0.4, 0.5) is 0 Å². The lowest BCUT2D eigenvalue weighted by atomic mass is 10.0. The molecule has 0 fully saturated rings. The van der Waals surface area contributed by atoms with Crippen LogP contribution < -0.4 is 21.7 Å². The summed E-state index contributed by atoms with van der Waals surface area (Å²) in [5.41, 5.74) is 5.15. The average Bonchev–Trinajstić information content (AvgIpc) is 2.51. The lowest BCUT2D eigenvalue weighted by Crippen LogP contribution is -2.54. The van der Waals surface area contributed by atoms with Crippen LogP contribution in [-0.4, -0.2) is 35.7 Å². The number of carbonyl (C=O) groups excluding carboxylic acids is 4. The molecule has 3 atom stereocenters. The van der Waals surface area contributed by atoms with Gasteiger partial charge in [-0.2, -0.15) is 0 Å². The molecule has 0 aromatic rings. The average molecular weight is 353 g/mol. The molecule has 0 spiro atoms. The zero-order valence-electron chi connectivity index (χ0n) is 15.3. The van der Waals surface area contributed by atoms with Crippen molar-refractivity contribution in [2.45, 2.75) is 59.0 Å². The summed E-state index contributed by atoms with van der Waals surface area (Å²) >= 11 is 0. The Morgan fingerprint density at radius 2 is 1.64 bits per heavy atom. The molecule has 0 unspecified atom stereocenters. The molecule has 8 nitrogen and oxygen atoms in total. The highest BCUT2D eigenvalue weighted by Gasteiger charge is 2.30. The molecule has 141 valence electrons. The van der Waals surface area contributed by atoms with Gasteiger partial charge in [-0.1, -0.05) is 20.8 Å². The highest BCUT2D eigenvalue weighted by atomic mass is 16.2. The number of carbonyl (C=O) groups is 4. The Morgan fingerprint density at radius 1 is 1.04 bits per heavy atom. The van der Waals surface area contributed by atoms with E-state index in [2.05, 4.69) is 10.6 Å². The Morgan fingerprint density at radius 3 is 2.08 bits per heavy atom. The van der Waals surface area contributed by atoms with Gasteiger partial charge in [0, 0.05) is 0 Å². The van der Waals surface area contributed by atoms with Crippen LogP contribution in [0.2, 0.25) is 0 Å². The SMILES string of the molecule is [CH-]NC(=O)[C@H](CC(C)C)NC(=O)[C@H](CC(N)=O)NC(=O)[CH+][C@@H](C)CC. The van der Waals surface area contributed by atoms with E-state index in [-0.39, 0.29) is 18.3 Å². The lowest BCUT2D eigenvalue weighted by Gasteiger charge is -2.24. The Kier molecular flexibility index (Phi) is 10.3. The minimum Gasteiger partial charge on any atom is -0.532 e. The highest BCUT2D eigenvalue weighted by molar-refractivity contribution is 5.96. The molecule has 0 saturated carbocycles. The van der Waals surface area contributed by atoms with Crippen LogP contribution in [0.3, 0.4) is 0 Å². The van der Waals surface area contributed by atoms with Crippen LogP contribution in [0.1, 0.15) is 47.0 Å². The Balaban J connectivity index is 5.04. The highest BCUT2D eigenvalue weighted by Crippen LogP contribution is 2.07. The summed E-state index contributed by atoms with van der Waals surface area (Å²) < 4.78 is 0. The molecule has 5 N–H and O–H groups in total. The number of hydrogen-bond acceptors (Lipinski definition) is 4. The monoisotopic (exact) mass is 353 g/mol. The van der Waals surface area contributed by atoms with Gasteiger partial charge in [0.15, 0.2) is 6.42 Å². The van der Waals surface area contributed by atoms with Gasteiger partial charge in [-0.25, -0.2) is 4.79 Å². The van der Waals surface area contributed by atoms with Gasteiger partial charge in [-0.3, -0.25) is 14.4 Å². The number of nitrogens with two attached hydrogens (primary N) is 1. The second kappa shape index (κ2) is 11.3. The van der Waals surface area contributed by atoms with Crippen LogP contribution in [0, 0.1) is 25.3 Å². The van der Waals surface area contributed by atoms with Crippen molar-refractivity contribution in [3.8, 4) is 0 Å². The van der Waals surface area contributed by atoms with E-state index < -0.39 is 35.7 Å². The molecule has 0 aromatic carbocycles. The predicted molar refractivity (Wildman–Crippen MR) is 93.3 cm³/mol. The van der Waals surface area contributed by atoms with E-state index in [9.17, 15) is 19.2 Å². The first-order chi connectivity index (χ1) is 11.6. The molecule has 1 radical (unpaired) electrons. The summed E-state index contributed by atoms with van der Waals surface area (Å²) in [5, 5.41) is 6.96. The van der Waals surface area contributed by atoms with Crippen molar-refractivity contribution >= 4 is 23.6 Å². The number of nitrogens with one attached hydrogen (secondary N) is 3. The molecule has 0 heterocycles. The third-order valence-electron chi connectivity index (χ3n) is 3.60. The van der Waals surface area contributed by atoms with Crippen LogP contribution in [-0.2, 0) is 19.2 Å². The van der Waals surface area contributed by atoms with Crippen LogP contribution in [0.5, 0.6) is 0 Å². The molecule has 0 aliphatic carbocycles. The fourth-order valence-electron chi connectivity index (χ4n) is 2.08. The van der Waals surface area contributed by atoms with E-state index in [1.807, 2.05) is 33.0 Å². The van der Waals surface area contributed by atoms with E-state index in [1.165, 1.54) is 6.42 Å². The maximum atomic E-state index is 12.4. The van der Waals surface area contributed by atoms with Crippen LogP contribution in [0.15, 0.2) is 0 Å². The summed E-state index contributed by atoms with van der Waals surface area (Å²) in [6.07, 6.45) is 2.17. The summed E-state index contributed by atoms with van der Waals surface area (Å²) in [6.45, 7) is 7.54. The summed E-state index contributed by atoms with van der Waals surface area (Å²) in [4.78, 5) is 47.4. The van der Waals surface area contributed by atoms with E-state index in [0.29, 0.717) is 6.42 Å². The van der Waals surface area contributed by atoms with E-state index in [1.54, 1.807) is 0 Å². The predicted octanol–water partition coefficient (Wildman–Crippen LogP) is -0.0873. The van der Waals surface area contributed by atoms with Gasteiger partial charge >= 0.3 is 5.91 Å². The molecule has 0 aliphatic heterocycles. The fraction of sp³-hybridized carbons (Fsp3) is 0.647. The summed E-state index contributed by atoms with van der Waals surface area (Å²) in [6, 6.07) is -2.03.